The van der Waals surface area contributed by atoms with Gasteiger partial charge in [-0.05, 0) is 127 Å². The van der Waals surface area contributed by atoms with Crippen LogP contribution in [0.4, 0.5) is 13.2 Å². The van der Waals surface area contributed by atoms with E-state index in [1.165, 1.54) is 17.7 Å². The van der Waals surface area contributed by atoms with E-state index in [1.807, 2.05) is 78.9 Å². The zero-order chi connectivity index (χ0) is 46.1. The number of aromatic nitrogens is 3. The molecule has 0 aliphatic heterocycles. The molecular formula is C59H48F3N3O. The number of phenols is 1. The number of aromatic hydroxyl groups is 1. The van der Waals surface area contributed by atoms with Gasteiger partial charge in [0, 0.05) is 28.4 Å². The fourth-order valence-electron chi connectivity index (χ4n) is 9.13. The quantitative estimate of drug-likeness (QED) is 0.181. The highest BCUT2D eigenvalue weighted by molar-refractivity contribution is 6.06. The molecular weight excluding hydrogens is 824 g/mol. The summed E-state index contributed by atoms with van der Waals surface area (Å²) in [4.78, 5) is 10.2. The minimum Gasteiger partial charge on any atom is -0.507 e. The molecule has 0 fully saturated rings. The molecule has 0 saturated heterocycles. The number of benzene rings is 8. The molecule has 0 saturated carbocycles. The molecule has 0 bridgehead atoms. The Hall–Kier alpha value is -7.51. The van der Waals surface area contributed by atoms with Crippen LogP contribution in [-0.2, 0) is 17.0 Å². The van der Waals surface area contributed by atoms with Gasteiger partial charge in [-0.25, -0.2) is 4.98 Å². The molecule has 4 nitrogen and oxygen atoms in total. The summed E-state index contributed by atoms with van der Waals surface area (Å²) >= 11 is 0. The summed E-state index contributed by atoms with van der Waals surface area (Å²) in [6.07, 6.45) is -2.94. The standard InChI is InChI=1S/C59H48F3N3O/c1-57(2,3)41-22-25-44(26-23-41)65-52-32-40(46-21-13-17-37-16-10-11-20-45(37)46)31-48(55(52)64-56(65)51-33-42(58(4,5)6)24-27-53(51)66)38-18-12-19-39(30-38)49-34-43(59(60,61)62)35-50-47(28-29-63-54(49)50)36-14-8-7-9-15-36/h7-35,66H,1-6H3. The second kappa shape index (κ2) is 15.9. The number of rotatable bonds is 6. The van der Waals surface area contributed by atoms with Gasteiger partial charge in [0.25, 0.3) is 0 Å². The minimum absolute atomic E-state index is 0.0824. The van der Waals surface area contributed by atoms with Crippen molar-refractivity contribution in [1.29, 1.82) is 0 Å². The summed E-state index contributed by atoms with van der Waals surface area (Å²) < 4.78 is 46.7. The van der Waals surface area contributed by atoms with E-state index in [9.17, 15) is 18.3 Å². The first-order chi connectivity index (χ1) is 31.5. The molecule has 1 N–H and O–H groups in total. The molecule has 0 radical (unpaired) electrons. The van der Waals surface area contributed by atoms with E-state index >= 15 is 0 Å². The van der Waals surface area contributed by atoms with Crippen LogP contribution in [0, 0.1) is 0 Å². The van der Waals surface area contributed by atoms with Crippen LogP contribution in [0.5, 0.6) is 5.75 Å². The molecule has 7 heteroatoms. The third kappa shape index (κ3) is 7.68. The largest absolute Gasteiger partial charge is 0.507 e. The summed E-state index contributed by atoms with van der Waals surface area (Å²) in [6.45, 7) is 13.0. The zero-order valence-electron chi connectivity index (χ0n) is 37.7. The minimum atomic E-state index is -4.60. The van der Waals surface area contributed by atoms with Gasteiger partial charge in [0.05, 0.1) is 27.7 Å². The second-order valence-electron chi connectivity index (χ2n) is 19.2. The maximum absolute atomic E-state index is 14.9. The summed E-state index contributed by atoms with van der Waals surface area (Å²) in [5.74, 6) is 0.661. The molecule has 0 unspecified atom stereocenters. The Bertz CT molecular complexity index is 3480. The van der Waals surface area contributed by atoms with Gasteiger partial charge in [-0.3, -0.25) is 9.55 Å². The number of phenolic OH excluding ortho intramolecular Hbond substituents is 1. The van der Waals surface area contributed by atoms with Crippen LogP contribution in [0.2, 0.25) is 0 Å². The lowest BCUT2D eigenvalue weighted by atomic mass is 9.86. The number of nitrogens with zero attached hydrogens (tertiary/aromatic N) is 3. The van der Waals surface area contributed by atoms with Crippen LogP contribution < -0.4 is 0 Å². The van der Waals surface area contributed by atoms with Crippen molar-refractivity contribution < 1.29 is 18.3 Å². The Balaban J connectivity index is 1.29. The van der Waals surface area contributed by atoms with Crippen LogP contribution >= 0.6 is 0 Å². The van der Waals surface area contributed by atoms with Crippen molar-refractivity contribution in [1.82, 2.24) is 14.5 Å². The fraction of sp³-hybridized carbons (Fsp3) is 0.153. The first kappa shape index (κ1) is 42.4. The van der Waals surface area contributed by atoms with Crippen LogP contribution in [0.3, 0.4) is 0 Å². The smallest absolute Gasteiger partial charge is 0.416 e. The van der Waals surface area contributed by atoms with Crippen molar-refractivity contribution in [2.75, 3.05) is 0 Å². The highest BCUT2D eigenvalue weighted by Gasteiger charge is 2.32. The van der Waals surface area contributed by atoms with E-state index in [4.69, 9.17) is 9.97 Å². The Labute approximate surface area is 382 Å². The van der Waals surface area contributed by atoms with Crippen molar-refractivity contribution in [3.63, 3.8) is 0 Å². The summed E-state index contributed by atoms with van der Waals surface area (Å²) in [6, 6.07) is 54.4. The van der Waals surface area contributed by atoms with Crippen LogP contribution in [0.25, 0.3) is 94.3 Å². The van der Waals surface area contributed by atoms with E-state index in [-0.39, 0.29) is 16.6 Å². The lowest BCUT2D eigenvalue weighted by molar-refractivity contribution is -0.137. The number of alkyl halides is 3. The van der Waals surface area contributed by atoms with Gasteiger partial charge in [-0.15, -0.1) is 0 Å². The Morgan fingerprint density at radius 3 is 1.77 bits per heavy atom. The van der Waals surface area contributed by atoms with Gasteiger partial charge >= 0.3 is 6.18 Å². The topological polar surface area (TPSA) is 50.9 Å². The van der Waals surface area contributed by atoms with Gasteiger partial charge < -0.3 is 5.11 Å². The highest BCUT2D eigenvalue weighted by atomic mass is 19.4. The van der Waals surface area contributed by atoms with Crippen molar-refractivity contribution in [2.45, 2.75) is 58.5 Å². The van der Waals surface area contributed by atoms with Crippen LogP contribution in [-0.4, -0.2) is 19.6 Å². The van der Waals surface area contributed by atoms with Crippen LogP contribution in [0.15, 0.2) is 176 Å². The number of pyridine rings is 1. The molecule has 10 rings (SSSR count). The average Bonchev–Trinajstić information content (AvgIpc) is 3.69. The van der Waals surface area contributed by atoms with Crippen LogP contribution in [0.1, 0.15) is 58.2 Å². The molecule has 2 aromatic heterocycles. The molecule has 10 aromatic rings. The fourth-order valence-corrected chi connectivity index (χ4v) is 9.13. The van der Waals surface area contributed by atoms with E-state index in [1.54, 1.807) is 18.3 Å². The SMILES string of the molecule is CC(C)(C)c1ccc(-n2c(-c3cc(C(C)(C)C)ccc3O)nc3c(-c4cccc(-c5cc(C(F)(F)F)cc6c(-c7ccccc7)ccnc56)c4)cc(-c4cccc5ccccc45)cc32)cc1. The molecule has 0 aliphatic carbocycles. The Morgan fingerprint density at radius 2 is 1.06 bits per heavy atom. The maximum atomic E-state index is 14.9. The predicted molar refractivity (Wildman–Crippen MR) is 265 cm³/mol. The average molecular weight is 872 g/mol. The van der Waals surface area contributed by atoms with Crippen molar-refractivity contribution in [3.8, 4) is 67.3 Å². The summed E-state index contributed by atoms with van der Waals surface area (Å²) in [5, 5.41) is 14.3. The van der Waals surface area contributed by atoms with E-state index in [2.05, 4.69) is 113 Å². The van der Waals surface area contributed by atoms with Gasteiger partial charge in [-0.2, -0.15) is 13.2 Å². The van der Waals surface area contributed by atoms with Gasteiger partial charge in [0.1, 0.15) is 11.6 Å². The molecule has 0 amide bonds. The lowest BCUT2D eigenvalue weighted by Crippen LogP contribution is -2.11. The number of imidazole rings is 1. The van der Waals surface area contributed by atoms with Gasteiger partial charge in [-0.1, -0.05) is 151 Å². The first-order valence-corrected chi connectivity index (χ1v) is 22.2. The van der Waals surface area contributed by atoms with Crippen molar-refractivity contribution in [2.24, 2.45) is 0 Å². The Kier molecular flexibility index (Phi) is 10.2. The predicted octanol–water partition coefficient (Wildman–Crippen LogP) is 16.4. The normalized spacial score (nSPS) is 12.4. The van der Waals surface area contributed by atoms with E-state index in [0.717, 1.165) is 55.4 Å². The molecule has 0 atom stereocenters. The highest BCUT2D eigenvalue weighted by Crippen LogP contribution is 2.45. The third-order valence-electron chi connectivity index (χ3n) is 12.7. The second-order valence-corrected chi connectivity index (χ2v) is 19.2. The number of hydrogen-bond acceptors (Lipinski definition) is 3. The molecule has 0 spiro atoms. The van der Waals surface area contributed by atoms with E-state index in [0.29, 0.717) is 44.5 Å². The molecule has 2 heterocycles. The van der Waals surface area contributed by atoms with E-state index < -0.39 is 11.7 Å². The first-order valence-electron chi connectivity index (χ1n) is 22.2. The van der Waals surface area contributed by atoms with Gasteiger partial charge in [0.15, 0.2) is 0 Å². The third-order valence-corrected chi connectivity index (χ3v) is 12.7. The lowest BCUT2D eigenvalue weighted by Gasteiger charge is -2.21. The summed E-state index contributed by atoms with van der Waals surface area (Å²) in [5.41, 5.74) is 10.5. The molecule has 66 heavy (non-hydrogen) atoms. The van der Waals surface area contributed by atoms with Crippen molar-refractivity contribution in [3.05, 3.63) is 193 Å². The number of hydrogen-bond donors (Lipinski definition) is 1. The Morgan fingerprint density at radius 1 is 0.455 bits per heavy atom. The number of halogens is 3. The number of fused-ring (bicyclic) bond motifs is 3. The summed E-state index contributed by atoms with van der Waals surface area (Å²) in [7, 11) is 0. The maximum Gasteiger partial charge on any atom is 0.416 e. The molecule has 8 aromatic carbocycles. The molecule has 0 aliphatic rings. The monoisotopic (exact) mass is 871 g/mol. The zero-order valence-corrected chi connectivity index (χ0v) is 37.7. The molecule has 326 valence electrons. The van der Waals surface area contributed by atoms with Crippen molar-refractivity contribution >= 4 is 32.7 Å². The van der Waals surface area contributed by atoms with Gasteiger partial charge in [0.2, 0.25) is 0 Å².